The molecular formula is C15H14F2O3. The molecule has 2 aromatic carbocycles. The van der Waals surface area contributed by atoms with Crippen molar-refractivity contribution in [2.75, 3.05) is 7.11 Å². The Morgan fingerprint density at radius 3 is 2.35 bits per heavy atom. The van der Waals surface area contributed by atoms with Gasteiger partial charge in [0, 0.05) is 0 Å². The van der Waals surface area contributed by atoms with Gasteiger partial charge < -0.3 is 14.6 Å². The zero-order valence-corrected chi connectivity index (χ0v) is 10.9. The van der Waals surface area contributed by atoms with Gasteiger partial charge in [0.2, 0.25) is 0 Å². The van der Waals surface area contributed by atoms with Crippen molar-refractivity contribution in [3.8, 4) is 11.5 Å². The molecule has 20 heavy (non-hydrogen) atoms. The summed E-state index contributed by atoms with van der Waals surface area (Å²) in [6, 6.07) is 9.10. The van der Waals surface area contributed by atoms with Crippen LogP contribution in [-0.4, -0.2) is 12.2 Å². The van der Waals surface area contributed by atoms with Gasteiger partial charge in [-0.1, -0.05) is 12.1 Å². The molecule has 0 atom stereocenters. The van der Waals surface area contributed by atoms with E-state index in [0.29, 0.717) is 5.75 Å². The van der Waals surface area contributed by atoms with E-state index in [-0.39, 0.29) is 12.2 Å². The van der Waals surface area contributed by atoms with Crippen LogP contribution in [0.3, 0.4) is 0 Å². The SMILES string of the molecule is COc1cccc(COc2c(F)cc(CO)cc2F)c1. The minimum absolute atomic E-state index is 0.0174. The molecule has 106 valence electrons. The smallest absolute Gasteiger partial charge is 0.191 e. The first kappa shape index (κ1) is 14.3. The number of ether oxygens (including phenoxy) is 2. The molecule has 0 aromatic heterocycles. The summed E-state index contributed by atoms with van der Waals surface area (Å²) in [4.78, 5) is 0. The molecule has 0 saturated heterocycles. The van der Waals surface area contributed by atoms with E-state index < -0.39 is 24.0 Å². The number of aliphatic hydroxyl groups excluding tert-OH is 1. The largest absolute Gasteiger partial charge is 0.497 e. The third-order valence-corrected chi connectivity index (χ3v) is 2.76. The first-order valence-corrected chi connectivity index (χ1v) is 5.98. The Labute approximate surface area is 115 Å². The van der Waals surface area contributed by atoms with Crippen LogP contribution in [0.2, 0.25) is 0 Å². The molecule has 3 nitrogen and oxygen atoms in total. The first-order chi connectivity index (χ1) is 9.63. The fourth-order valence-corrected chi connectivity index (χ4v) is 1.76. The second-order valence-electron chi connectivity index (χ2n) is 4.19. The summed E-state index contributed by atoms with van der Waals surface area (Å²) in [5, 5.41) is 8.85. The van der Waals surface area contributed by atoms with Crippen molar-refractivity contribution in [1.29, 1.82) is 0 Å². The van der Waals surface area contributed by atoms with Crippen LogP contribution in [0.25, 0.3) is 0 Å². The predicted octanol–water partition coefficient (Wildman–Crippen LogP) is 3.04. The Balaban J connectivity index is 2.14. The molecule has 0 spiro atoms. The van der Waals surface area contributed by atoms with Crippen LogP contribution in [0.15, 0.2) is 36.4 Å². The molecule has 0 heterocycles. The molecule has 2 rings (SSSR count). The lowest BCUT2D eigenvalue weighted by Crippen LogP contribution is -2.01. The van der Waals surface area contributed by atoms with E-state index in [2.05, 4.69) is 0 Å². The van der Waals surface area contributed by atoms with Gasteiger partial charge in [0.1, 0.15) is 12.4 Å². The fraction of sp³-hybridized carbons (Fsp3) is 0.200. The van der Waals surface area contributed by atoms with Gasteiger partial charge in [0.25, 0.3) is 0 Å². The lowest BCUT2D eigenvalue weighted by molar-refractivity contribution is 0.266. The number of benzene rings is 2. The summed E-state index contributed by atoms with van der Waals surface area (Å²) in [5.41, 5.74) is 0.892. The van der Waals surface area contributed by atoms with Gasteiger partial charge in [-0.25, -0.2) is 8.78 Å². The van der Waals surface area contributed by atoms with Crippen LogP contribution in [0.1, 0.15) is 11.1 Å². The molecule has 5 heteroatoms. The first-order valence-electron chi connectivity index (χ1n) is 5.98. The quantitative estimate of drug-likeness (QED) is 0.915. The van der Waals surface area contributed by atoms with E-state index in [0.717, 1.165) is 17.7 Å². The molecule has 0 aliphatic rings. The van der Waals surface area contributed by atoms with E-state index in [1.807, 2.05) is 0 Å². The van der Waals surface area contributed by atoms with Crippen molar-refractivity contribution in [1.82, 2.24) is 0 Å². The third-order valence-electron chi connectivity index (χ3n) is 2.76. The van der Waals surface area contributed by atoms with E-state index in [4.69, 9.17) is 14.6 Å². The van der Waals surface area contributed by atoms with Crippen LogP contribution in [0, 0.1) is 11.6 Å². The van der Waals surface area contributed by atoms with Gasteiger partial charge in [-0.3, -0.25) is 0 Å². The minimum atomic E-state index is -0.836. The van der Waals surface area contributed by atoms with Crippen LogP contribution in [0.5, 0.6) is 11.5 Å². The number of aliphatic hydroxyl groups is 1. The maximum atomic E-state index is 13.6. The molecule has 2 aromatic rings. The fourth-order valence-electron chi connectivity index (χ4n) is 1.76. The second kappa shape index (κ2) is 6.34. The second-order valence-corrected chi connectivity index (χ2v) is 4.19. The normalized spacial score (nSPS) is 10.4. The lowest BCUT2D eigenvalue weighted by atomic mass is 10.2. The van der Waals surface area contributed by atoms with Crippen molar-refractivity contribution in [3.63, 3.8) is 0 Å². The maximum Gasteiger partial charge on any atom is 0.191 e. The Hall–Kier alpha value is -2.14. The van der Waals surface area contributed by atoms with Gasteiger partial charge in [0.05, 0.1) is 13.7 Å². The molecule has 0 amide bonds. The number of hydrogen-bond donors (Lipinski definition) is 1. The zero-order valence-electron chi connectivity index (χ0n) is 10.9. The molecule has 0 unspecified atom stereocenters. The van der Waals surface area contributed by atoms with Crippen molar-refractivity contribution in [3.05, 3.63) is 59.2 Å². The van der Waals surface area contributed by atoms with Crippen LogP contribution < -0.4 is 9.47 Å². The van der Waals surface area contributed by atoms with Crippen LogP contribution in [0.4, 0.5) is 8.78 Å². The molecule has 0 saturated carbocycles. The predicted molar refractivity (Wildman–Crippen MR) is 69.6 cm³/mol. The van der Waals surface area contributed by atoms with Crippen molar-refractivity contribution in [2.45, 2.75) is 13.2 Å². The summed E-state index contributed by atoms with van der Waals surface area (Å²) in [6.07, 6.45) is 0. The van der Waals surface area contributed by atoms with E-state index >= 15 is 0 Å². The highest BCUT2D eigenvalue weighted by atomic mass is 19.1. The Morgan fingerprint density at radius 2 is 1.75 bits per heavy atom. The van der Waals surface area contributed by atoms with E-state index in [9.17, 15) is 8.78 Å². The monoisotopic (exact) mass is 280 g/mol. The Bertz CT molecular complexity index is 576. The van der Waals surface area contributed by atoms with Crippen molar-refractivity contribution >= 4 is 0 Å². The van der Waals surface area contributed by atoms with Gasteiger partial charge >= 0.3 is 0 Å². The third kappa shape index (κ3) is 3.24. The summed E-state index contributed by atoms with van der Waals surface area (Å²) in [6.45, 7) is -0.409. The van der Waals surface area contributed by atoms with Crippen molar-refractivity contribution < 1.29 is 23.4 Å². The van der Waals surface area contributed by atoms with Gasteiger partial charge in [0.15, 0.2) is 17.4 Å². The Kier molecular flexibility index (Phi) is 4.53. The van der Waals surface area contributed by atoms with Gasteiger partial charge in [-0.15, -0.1) is 0 Å². The highest BCUT2D eigenvalue weighted by molar-refractivity contribution is 5.32. The standard InChI is InChI=1S/C15H14F2O3/c1-19-12-4-2-3-10(5-12)9-20-15-13(16)6-11(8-18)7-14(15)17/h2-7,18H,8-9H2,1H3. The van der Waals surface area contributed by atoms with E-state index in [1.54, 1.807) is 24.3 Å². The summed E-state index contributed by atoms with van der Waals surface area (Å²) >= 11 is 0. The highest BCUT2D eigenvalue weighted by Crippen LogP contribution is 2.25. The van der Waals surface area contributed by atoms with Crippen LogP contribution >= 0.6 is 0 Å². The summed E-state index contributed by atoms with van der Waals surface area (Å²) in [7, 11) is 1.53. The Morgan fingerprint density at radius 1 is 1.05 bits per heavy atom. The molecule has 0 fully saturated rings. The number of rotatable bonds is 5. The maximum absolute atomic E-state index is 13.6. The molecule has 0 aliphatic heterocycles. The summed E-state index contributed by atoms with van der Waals surface area (Å²) < 4.78 is 37.5. The molecule has 0 bridgehead atoms. The average molecular weight is 280 g/mol. The van der Waals surface area contributed by atoms with E-state index in [1.165, 1.54) is 7.11 Å². The molecule has 1 N–H and O–H groups in total. The zero-order chi connectivity index (χ0) is 14.5. The molecule has 0 radical (unpaired) electrons. The highest BCUT2D eigenvalue weighted by Gasteiger charge is 2.12. The summed E-state index contributed by atoms with van der Waals surface area (Å²) in [5.74, 6) is -1.48. The number of halogens is 2. The average Bonchev–Trinajstić information content (AvgIpc) is 2.46. The minimum Gasteiger partial charge on any atom is -0.497 e. The van der Waals surface area contributed by atoms with Crippen LogP contribution in [-0.2, 0) is 13.2 Å². The lowest BCUT2D eigenvalue weighted by Gasteiger charge is -2.10. The van der Waals surface area contributed by atoms with Gasteiger partial charge in [-0.05, 0) is 35.4 Å². The van der Waals surface area contributed by atoms with Gasteiger partial charge in [-0.2, -0.15) is 0 Å². The topological polar surface area (TPSA) is 38.7 Å². The number of methoxy groups -OCH3 is 1. The number of hydrogen-bond acceptors (Lipinski definition) is 3. The molecular weight excluding hydrogens is 266 g/mol. The molecule has 0 aliphatic carbocycles. The van der Waals surface area contributed by atoms with Crippen molar-refractivity contribution in [2.24, 2.45) is 0 Å².